The van der Waals surface area contributed by atoms with Crippen molar-refractivity contribution in [1.29, 1.82) is 0 Å². The van der Waals surface area contributed by atoms with Gasteiger partial charge in [-0.1, -0.05) is 66.8 Å². The van der Waals surface area contributed by atoms with Gasteiger partial charge in [-0.2, -0.15) is 0 Å². The van der Waals surface area contributed by atoms with Gasteiger partial charge in [-0.05, 0) is 52.8 Å². The minimum Gasteiger partial charge on any atom is -0.379 e. The molecule has 0 radical (unpaired) electrons. The van der Waals surface area contributed by atoms with E-state index in [9.17, 15) is 9.59 Å². The first-order valence-electron chi connectivity index (χ1n) is 11.3. The number of morpholine rings is 1. The lowest BCUT2D eigenvalue weighted by Gasteiger charge is -2.26. The quantitative estimate of drug-likeness (QED) is 0.440. The first-order valence-corrected chi connectivity index (χ1v) is 11.3. The van der Waals surface area contributed by atoms with Gasteiger partial charge in [-0.25, -0.2) is 0 Å². The maximum absolute atomic E-state index is 12.2. The van der Waals surface area contributed by atoms with Crippen LogP contribution in [-0.2, 0) is 27.2 Å². The molecule has 4 heteroatoms. The number of fused-ring (bicyclic) bond motifs is 1. The Morgan fingerprint density at radius 2 is 1.59 bits per heavy atom. The lowest BCUT2D eigenvalue weighted by Crippen LogP contribution is -2.37. The Hall–Kier alpha value is -3.08. The molecule has 0 N–H and O–H groups in total. The molecule has 0 aromatic heterocycles. The molecule has 0 saturated carbocycles. The fraction of sp³-hybridized carbons (Fsp3) is 0.286. The molecule has 164 valence electrons. The average molecular weight is 428 g/mol. The van der Waals surface area contributed by atoms with Gasteiger partial charge in [0.25, 0.3) is 0 Å². The van der Waals surface area contributed by atoms with Gasteiger partial charge in [0.15, 0.2) is 11.6 Å². The molecule has 1 saturated heterocycles. The van der Waals surface area contributed by atoms with Crippen LogP contribution in [0.15, 0.2) is 60.7 Å². The number of rotatable bonds is 9. The summed E-state index contributed by atoms with van der Waals surface area (Å²) >= 11 is 0. The fourth-order valence-corrected chi connectivity index (χ4v) is 3.96. The van der Waals surface area contributed by atoms with E-state index >= 15 is 0 Å². The van der Waals surface area contributed by atoms with Crippen LogP contribution in [0.5, 0.6) is 0 Å². The second-order valence-electron chi connectivity index (χ2n) is 8.29. The number of hydrogen-bond donors (Lipinski definition) is 0. The Bertz CT molecular complexity index is 1040. The van der Waals surface area contributed by atoms with Crippen LogP contribution in [0.4, 0.5) is 0 Å². The highest BCUT2D eigenvalue weighted by molar-refractivity contribution is 6.10. The molecule has 32 heavy (non-hydrogen) atoms. The number of allylic oxidation sites excluding steroid dienone is 3. The van der Waals surface area contributed by atoms with Crippen molar-refractivity contribution in [3.05, 3.63) is 88.5 Å². The zero-order chi connectivity index (χ0) is 22.2. The summed E-state index contributed by atoms with van der Waals surface area (Å²) in [4.78, 5) is 26.7. The van der Waals surface area contributed by atoms with Crippen molar-refractivity contribution in [3.63, 3.8) is 0 Å². The van der Waals surface area contributed by atoms with Gasteiger partial charge in [-0.3, -0.25) is 14.5 Å². The van der Waals surface area contributed by atoms with E-state index in [1.807, 2.05) is 18.2 Å². The molecule has 0 amide bonds. The van der Waals surface area contributed by atoms with E-state index < -0.39 is 0 Å². The normalized spacial score (nSPS) is 16.1. The van der Waals surface area contributed by atoms with E-state index in [4.69, 9.17) is 4.74 Å². The van der Waals surface area contributed by atoms with E-state index in [-0.39, 0.29) is 18.0 Å². The molecule has 0 unspecified atom stereocenters. The molecule has 0 spiro atoms. The van der Waals surface area contributed by atoms with Crippen molar-refractivity contribution in [2.75, 3.05) is 32.8 Å². The van der Waals surface area contributed by atoms with Crippen molar-refractivity contribution in [2.24, 2.45) is 0 Å². The molecule has 1 aliphatic carbocycles. The van der Waals surface area contributed by atoms with Gasteiger partial charge in [-0.15, -0.1) is 0 Å². The van der Waals surface area contributed by atoms with Crippen molar-refractivity contribution in [1.82, 2.24) is 4.90 Å². The predicted molar refractivity (Wildman–Crippen MR) is 129 cm³/mol. The van der Waals surface area contributed by atoms with Crippen LogP contribution >= 0.6 is 0 Å². The first kappa shape index (κ1) is 22.1. The van der Waals surface area contributed by atoms with Crippen LogP contribution in [0.3, 0.4) is 0 Å². The maximum Gasteiger partial charge on any atom is 0.163 e. The SMILES string of the molecule is O=C(/C=C/c1ccc(CCN2CCOCC2)cc1)CC(=O)/C=C/c1ccc2c(c1)CC=C2. The summed E-state index contributed by atoms with van der Waals surface area (Å²) in [6, 6.07) is 14.4. The van der Waals surface area contributed by atoms with Crippen molar-refractivity contribution in [3.8, 4) is 0 Å². The lowest BCUT2D eigenvalue weighted by atomic mass is 10.0. The van der Waals surface area contributed by atoms with Crippen molar-refractivity contribution < 1.29 is 14.3 Å². The van der Waals surface area contributed by atoms with E-state index in [0.717, 1.165) is 56.8 Å². The van der Waals surface area contributed by atoms with E-state index in [0.29, 0.717) is 0 Å². The number of carbonyl (C=O) groups excluding carboxylic acids is 2. The van der Waals surface area contributed by atoms with Crippen LogP contribution in [0.1, 0.15) is 34.2 Å². The summed E-state index contributed by atoms with van der Waals surface area (Å²) in [7, 11) is 0. The predicted octanol–water partition coefficient (Wildman–Crippen LogP) is 4.39. The molecular formula is C28H29NO3. The lowest BCUT2D eigenvalue weighted by molar-refractivity contribution is -0.121. The largest absolute Gasteiger partial charge is 0.379 e. The standard InChI is InChI=1S/C28H29NO3/c30-27(21-28(31)13-10-24-8-11-25-2-1-3-26(25)20-24)12-9-22-4-6-23(7-5-22)14-15-29-16-18-32-19-17-29/h1-2,4-13,20H,3,14-19,21H2/b12-9+,13-10+. The Kier molecular flexibility index (Phi) is 7.59. The number of benzene rings is 2. The summed E-state index contributed by atoms with van der Waals surface area (Å²) in [6.45, 7) is 4.68. The van der Waals surface area contributed by atoms with Gasteiger partial charge in [0.05, 0.1) is 19.6 Å². The third kappa shape index (κ3) is 6.46. The number of ether oxygens (including phenoxy) is 1. The average Bonchev–Trinajstić information content (AvgIpc) is 3.29. The smallest absolute Gasteiger partial charge is 0.163 e. The molecule has 4 rings (SSSR count). The number of nitrogens with zero attached hydrogens (tertiary/aromatic N) is 1. The monoisotopic (exact) mass is 427 g/mol. The highest BCUT2D eigenvalue weighted by Gasteiger charge is 2.10. The van der Waals surface area contributed by atoms with Crippen LogP contribution in [0.2, 0.25) is 0 Å². The van der Waals surface area contributed by atoms with E-state index in [2.05, 4.69) is 41.3 Å². The maximum atomic E-state index is 12.2. The second-order valence-corrected chi connectivity index (χ2v) is 8.29. The number of carbonyl (C=O) groups is 2. The Labute approximate surface area is 189 Å². The molecular weight excluding hydrogens is 398 g/mol. The molecule has 0 atom stereocenters. The number of hydrogen-bond acceptors (Lipinski definition) is 4. The summed E-state index contributed by atoms with van der Waals surface area (Å²) in [5.41, 5.74) is 5.73. The Morgan fingerprint density at radius 3 is 2.34 bits per heavy atom. The molecule has 1 heterocycles. The molecule has 2 aliphatic rings. The topological polar surface area (TPSA) is 46.6 Å². The Balaban J connectivity index is 1.22. The molecule has 0 bridgehead atoms. The van der Waals surface area contributed by atoms with Gasteiger partial charge in [0, 0.05) is 19.6 Å². The second kappa shape index (κ2) is 11.0. The van der Waals surface area contributed by atoms with E-state index in [1.165, 1.54) is 28.8 Å². The molecule has 2 aromatic carbocycles. The minimum absolute atomic E-state index is 0.114. The summed E-state index contributed by atoms with van der Waals surface area (Å²) in [5, 5.41) is 0. The minimum atomic E-state index is -0.186. The summed E-state index contributed by atoms with van der Waals surface area (Å²) in [6.07, 6.45) is 12.6. The molecule has 1 aliphatic heterocycles. The fourth-order valence-electron chi connectivity index (χ4n) is 3.96. The van der Waals surface area contributed by atoms with Crippen molar-refractivity contribution >= 4 is 29.8 Å². The van der Waals surface area contributed by atoms with E-state index in [1.54, 1.807) is 12.2 Å². The zero-order valence-electron chi connectivity index (χ0n) is 18.3. The highest BCUT2D eigenvalue weighted by Crippen LogP contribution is 2.21. The van der Waals surface area contributed by atoms with Crippen molar-refractivity contribution in [2.45, 2.75) is 19.3 Å². The zero-order valence-corrected chi connectivity index (χ0v) is 18.3. The molecule has 4 nitrogen and oxygen atoms in total. The highest BCUT2D eigenvalue weighted by atomic mass is 16.5. The summed E-state index contributed by atoms with van der Waals surface area (Å²) in [5.74, 6) is -0.370. The Morgan fingerprint density at radius 1 is 0.906 bits per heavy atom. The van der Waals surface area contributed by atoms with Gasteiger partial charge in [0.1, 0.15) is 0 Å². The molecule has 1 fully saturated rings. The number of ketones is 2. The first-order chi connectivity index (χ1) is 15.7. The van der Waals surface area contributed by atoms with Crippen LogP contribution in [0, 0.1) is 0 Å². The van der Waals surface area contributed by atoms with Gasteiger partial charge in [0.2, 0.25) is 0 Å². The third-order valence-electron chi connectivity index (χ3n) is 5.87. The molecule has 2 aromatic rings. The van der Waals surface area contributed by atoms with Crippen LogP contribution in [0.25, 0.3) is 18.2 Å². The van der Waals surface area contributed by atoms with Gasteiger partial charge >= 0.3 is 0 Å². The third-order valence-corrected chi connectivity index (χ3v) is 5.87. The van der Waals surface area contributed by atoms with Crippen LogP contribution < -0.4 is 0 Å². The van der Waals surface area contributed by atoms with Gasteiger partial charge < -0.3 is 4.74 Å². The summed E-state index contributed by atoms with van der Waals surface area (Å²) < 4.78 is 5.38. The van der Waals surface area contributed by atoms with Crippen LogP contribution in [-0.4, -0.2) is 49.3 Å².